The zero-order valence-corrected chi connectivity index (χ0v) is 17.4. The topological polar surface area (TPSA) is 72.2 Å². The van der Waals surface area contributed by atoms with Crippen molar-refractivity contribution in [2.24, 2.45) is 11.8 Å². The van der Waals surface area contributed by atoms with Gasteiger partial charge >= 0.3 is 0 Å². The van der Waals surface area contributed by atoms with E-state index in [9.17, 15) is 9.59 Å². The summed E-state index contributed by atoms with van der Waals surface area (Å²) in [5, 5.41) is 4.05. The predicted octanol–water partition coefficient (Wildman–Crippen LogP) is 4.59. The summed E-state index contributed by atoms with van der Waals surface area (Å²) in [6, 6.07) is 12.6. The highest BCUT2D eigenvalue weighted by Crippen LogP contribution is 2.51. The van der Waals surface area contributed by atoms with Gasteiger partial charge in [-0.25, -0.2) is 0 Å². The van der Waals surface area contributed by atoms with Crippen molar-refractivity contribution in [2.45, 2.75) is 31.6 Å². The summed E-state index contributed by atoms with van der Waals surface area (Å²) in [7, 11) is 0. The second-order valence-corrected chi connectivity index (χ2v) is 8.62. The molecule has 3 atom stereocenters. The van der Waals surface area contributed by atoms with Crippen LogP contribution in [0.3, 0.4) is 0 Å². The Morgan fingerprint density at radius 1 is 1.18 bits per heavy atom. The molecule has 1 amide bonds. The van der Waals surface area contributed by atoms with Gasteiger partial charge in [0, 0.05) is 34.6 Å². The highest BCUT2D eigenvalue weighted by molar-refractivity contribution is 6.31. The SMILES string of the molecule is CC(C)[C@H]1CNC(=O)C[C@@H](c2cccc(Cl)c2)[C@@]1(C=O)c1ccc(Cl)cc1N. The highest BCUT2D eigenvalue weighted by Gasteiger charge is 2.51. The Bertz CT molecular complexity index is 900. The van der Waals surface area contributed by atoms with E-state index in [0.717, 1.165) is 11.8 Å². The molecule has 1 heterocycles. The van der Waals surface area contributed by atoms with Gasteiger partial charge in [-0.3, -0.25) is 4.79 Å². The van der Waals surface area contributed by atoms with Gasteiger partial charge < -0.3 is 15.8 Å². The van der Waals surface area contributed by atoms with E-state index in [0.29, 0.717) is 27.8 Å². The first-order valence-electron chi connectivity index (χ1n) is 9.33. The molecule has 0 aliphatic carbocycles. The molecular weight excluding hydrogens is 395 g/mol. The number of hydrogen-bond donors (Lipinski definition) is 2. The van der Waals surface area contributed by atoms with Gasteiger partial charge in [-0.1, -0.05) is 55.2 Å². The Morgan fingerprint density at radius 2 is 1.89 bits per heavy atom. The number of nitrogens with two attached hydrogens (primary N) is 1. The largest absolute Gasteiger partial charge is 0.398 e. The molecule has 0 saturated carbocycles. The number of carbonyl (C=O) groups excluding carboxylic acids is 2. The minimum Gasteiger partial charge on any atom is -0.398 e. The van der Waals surface area contributed by atoms with Gasteiger partial charge in [0.05, 0.1) is 5.41 Å². The third kappa shape index (κ3) is 3.63. The molecule has 3 rings (SSSR count). The lowest BCUT2D eigenvalue weighted by atomic mass is 9.58. The fraction of sp³-hybridized carbons (Fsp3) is 0.364. The van der Waals surface area contributed by atoms with Crippen molar-refractivity contribution in [2.75, 3.05) is 12.3 Å². The molecule has 0 bridgehead atoms. The molecule has 28 heavy (non-hydrogen) atoms. The lowest BCUT2D eigenvalue weighted by Crippen LogP contribution is -2.47. The zero-order valence-electron chi connectivity index (χ0n) is 15.9. The number of aldehydes is 1. The number of amides is 1. The van der Waals surface area contributed by atoms with Crippen molar-refractivity contribution in [1.82, 2.24) is 5.32 Å². The van der Waals surface area contributed by atoms with Gasteiger partial charge in [-0.15, -0.1) is 0 Å². The lowest BCUT2D eigenvalue weighted by molar-refractivity contribution is -0.121. The molecule has 0 spiro atoms. The number of anilines is 1. The van der Waals surface area contributed by atoms with E-state index in [1.165, 1.54) is 0 Å². The van der Waals surface area contributed by atoms with Crippen LogP contribution in [0.4, 0.5) is 5.69 Å². The molecule has 4 nitrogen and oxygen atoms in total. The Labute approximate surface area is 175 Å². The third-order valence-corrected chi connectivity index (χ3v) is 6.30. The van der Waals surface area contributed by atoms with E-state index >= 15 is 0 Å². The molecule has 0 radical (unpaired) electrons. The summed E-state index contributed by atoms with van der Waals surface area (Å²) in [4.78, 5) is 25.5. The maximum atomic E-state index is 12.9. The van der Waals surface area contributed by atoms with Crippen molar-refractivity contribution in [3.05, 3.63) is 63.6 Å². The van der Waals surface area contributed by atoms with E-state index in [2.05, 4.69) is 19.2 Å². The summed E-state index contributed by atoms with van der Waals surface area (Å²) in [5.74, 6) is -0.516. The molecule has 0 unspecified atom stereocenters. The quantitative estimate of drug-likeness (QED) is 0.563. The van der Waals surface area contributed by atoms with Crippen LogP contribution in [-0.4, -0.2) is 18.7 Å². The van der Waals surface area contributed by atoms with Crippen LogP contribution in [0.5, 0.6) is 0 Å². The van der Waals surface area contributed by atoms with Crippen molar-refractivity contribution in [3.63, 3.8) is 0 Å². The van der Waals surface area contributed by atoms with Crippen LogP contribution in [0, 0.1) is 11.8 Å². The van der Waals surface area contributed by atoms with Crippen LogP contribution >= 0.6 is 23.2 Å². The number of carbonyl (C=O) groups is 2. The Balaban J connectivity index is 2.33. The van der Waals surface area contributed by atoms with E-state index in [1.807, 2.05) is 24.3 Å². The molecule has 2 aromatic rings. The minimum atomic E-state index is -0.993. The third-order valence-electron chi connectivity index (χ3n) is 5.83. The molecule has 2 aromatic carbocycles. The summed E-state index contributed by atoms with van der Waals surface area (Å²) >= 11 is 12.4. The number of benzene rings is 2. The summed E-state index contributed by atoms with van der Waals surface area (Å²) < 4.78 is 0. The Hall–Kier alpha value is -2.04. The molecule has 0 aromatic heterocycles. The standard InChI is InChI=1S/C22H24Cl2N2O2/c1-13(2)19-11-26-21(28)10-18(14-4-3-5-15(23)8-14)22(19,12-27)17-7-6-16(24)9-20(17)25/h3-9,12-13,18-19H,10-11,25H2,1-2H3,(H,26,28)/t18-,19+,22+/m0/s1. The smallest absolute Gasteiger partial charge is 0.220 e. The summed E-state index contributed by atoms with van der Waals surface area (Å²) in [5.41, 5.74) is 7.36. The normalized spacial score (nSPS) is 25.2. The number of hydrogen-bond acceptors (Lipinski definition) is 3. The van der Waals surface area contributed by atoms with E-state index < -0.39 is 11.3 Å². The Kier molecular flexibility index (Phi) is 6.01. The maximum absolute atomic E-state index is 12.9. The van der Waals surface area contributed by atoms with Gasteiger partial charge in [-0.2, -0.15) is 0 Å². The van der Waals surface area contributed by atoms with Crippen LogP contribution in [0.15, 0.2) is 42.5 Å². The van der Waals surface area contributed by atoms with Gasteiger partial charge in [0.1, 0.15) is 6.29 Å². The molecule has 148 valence electrons. The number of nitrogen functional groups attached to an aromatic ring is 1. The van der Waals surface area contributed by atoms with Crippen molar-refractivity contribution < 1.29 is 9.59 Å². The molecule has 1 saturated heterocycles. The highest BCUT2D eigenvalue weighted by atomic mass is 35.5. The maximum Gasteiger partial charge on any atom is 0.220 e. The zero-order chi connectivity index (χ0) is 20.5. The molecule has 1 aliphatic rings. The van der Waals surface area contributed by atoms with Gasteiger partial charge in [0.15, 0.2) is 0 Å². The van der Waals surface area contributed by atoms with Crippen molar-refractivity contribution in [1.29, 1.82) is 0 Å². The second kappa shape index (κ2) is 8.14. The van der Waals surface area contributed by atoms with Crippen LogP contribution in [0.2, 0.25) is 10.0 Å². The van der Waals surface area contributed by atoms with Crippen LogP contribution in [-0.2, 0) is 15.0 Å². The summed E-state index contributed by atoms with van der Waals surface area (Å²) in [6.45, 7) is 4.51. The number of nitrogens with one attached hydrogen (secondary N) is 1. The van der Waals surface area contributed by atoms with Crippen LogP contribution in [0.25, 0.3) is 0 Å². The van der Waals surface area contributed by atoms with Gasteiger partial charge in [0.25, 0.3) is 0 Å². The van der Waals surface area contributed by atoms with Crippen molar-refractivity contribution in [3.8, 4) is 0 Å². The average Bonchev–Trinajstić information content (AvgIpc) is 2.78. The average molecular weight is 419 g/mol. The first-order valence-corrected chi connectivity index (χ1v) is 10.1. The van der Waals surface area contributed by atoms with Crippen molar-refractivity contribution >= 4 is 41.1 Å². The first kappa shape index (κ1) is 20.7. The van der Waals surface area contributed by atoms with Gasteiger partial charge in [-0.05, 0) is 47.2 Å². The van der Waals surface area contributed by atoms with E-state index in [-0.39, 0.29) is 24.2 Å². The predicted molar refractivity (Wildman–Crippen MR) is 114 cm³/mol. The summed E-state index contributed by atoms with van der Waals surface area (Å²) in [6.07, 6.45) is 1.15. The molecule has 6 heteroatoms. The second-order valence-electron chi connectivity index (χ2n) is 7.75. The number of halogens is 2. The van der Waals surface area contributed by atoms with E-state index in [4.69, 9.17) is 28.9 Å². The first-order chi connectivity index (χ1) is 13.3. The lowest BCUT2D eigenvalue weighted by Gasteiger charge is -2.43. The Morgan fingerprint density at radius 3 is 2.50 bits per heavy atom. The van der Waals surface area contributed by atoms with Gasteiger partial charge in [0.2, 0.25) is 5.91 Å². The minimum absolute atomic E-state index is 0.0908. The molecular formula is C22H24Cl2N2O2. The van der Waals surface area contributed by atoms with Crippen LogP contribution < -0.4 is 11.1 Å². The van der Waals surface area contributed by atoms with Crippen LogP contribution in [0.1, 0.15) is 37.3 Å². The molecule has 3 N–H and O–H groups in total. The monoisotopic (exact) mass is 418 g/mol. The fourth-order valence-electron chi connectivity index (χ4n) is 4.53. The van der Waals surface area contributed by atoms with E-state index in [1.54, 1.807) is 18.2 Å². The fourth-order valence-corrected chi connectivity index (χ4v) is 4.91. The number of rotatable bonds is 4. The molecule has 1 fully saturated rings. The molecule has 1 aliphatic heterocycles.